The topological polar surface area (TPSA) is 9.23 Å². The average molecular weight is 280 g/mol. The van der Waals surface area contributed by atoms with E-state index in [1.807, 2.05) is 7.11 Å². The van der Waals surface area contributed by atoms with E-state index in [0.717, 1.165) is 9.56 Å². The lowest BCUT2D eigenvalue weighted by Gasteiger charge is -2.30. The van der Waals surface area contributed by atoms with Crippen molar-refractivity contribution in [1.29, 1.82) is 0 Å². The molecule has 0 bridgehead atoms. The lowest BCUT2D eigenvalue weighted by Crippen LogP contribution is -2.31. The zero-order valence-electron chi connectivity index (χ0n) is 13.0. The normalized spacial score (nSPS) is 25.1. The van der Waals surface area contributed by atoms with E-state index in [-0.39, 0.29) is 0 Å². The fourth-order valence-electron chi connectivity index (χ4n) is 4.40. The van der Waals surface area contributed by atoms with Crippen molar-refractivity contribution in [2.45, 2.75) is 99.5 Å². The van der Waals surface area contributed by atoms with Crippen LogP contribution in [0.4, 0.5) is 0 Å². The Labute approximate surface area is 125 Å². The molecule has 0 N–H and O–H groups in total. The van der Waals surface area contributed by atoms with Crippen LogP contribution >= 0.6 is 0 Å². The minimum Gasteiger partial charge on any atom is -0.503 e. The van der Waals surface area contributed by atoms with Gasteiger partial charge in [-0.15, -0.1) is 0 Å². The summed E-state index contributed by atoms with van der Waals surface area (Å²) in [5.41, 5.74) is 0. The molecule has 2 rings (SSSR count). The molecule has 0 spiro atoms. The van der Waals surface area contributed by atoms with E-state index in [4.69, 9.17) is 3.79 Å². The van der Waals surface area contributed by atoms with Crippen molar-refractivity contribution >= 4 is 14.5 Å². The summed E-state index contributed by atoms with van der Waals surface area (Å²) in [6.07, 6.45) is 20.7. The highest BCUT2D eigenvalue weighted by Crippen LogP contribution is 2.39. The lowest BCUT2D eigenvalue weighted by atomic mass is 10.00. The van der Waals surface area contributed by atoms with Crippen molar-refractivity contribution in [3.8, 4) is 0 Å². The Morgan fingerprint density at radius 1 is 0.579 bits per heavy atom. The molecule has 0 aliphatic heterocycles. The molecule has 0 aromatic carbocycles. The first-order chi connectivity index (χ1) is 9.42. The van der Waals surface area contributed by atoms with Crippen LogP contribution in [-0.2, 0) is 3.79 Å². The summed E-state index contributed by atoms with van der Waals surface area (Å²) < 4.78 is 8.15. The average Bonchev–Trinajstić information content (AvgIpc) is 2.34. The standard InChI is InChI=1S/2C8H15.CH3O.Al/c2*1-2-4-6-8-7-5-3-1;1-2;/h2*1H,2-8H2;1H3;/q;;-1;+1. The molecular formula is C17H33AlO. The lowest BCUT2D eigenvalue weighted by molar-refractivity contribution is 0.355. The highest BCUT2D eigenvalue weighted by Gasteiger charge is 2.37. The molecule has 0 aromatic heterocycles. The van der Waals surface area contributed by atoms with Crippen LogP contribution in [-0.4, -0.2) is 21.6 Å². The molecule has 1 nitrogen and oxygen atoms in total. The van der Waals surface area contributed by atoms with Gasteiger partial charge in [-0.1, -0.05) is 99.5 Å². The molecule has 0 radical (unpaired) electrons. The number of hydrogen-bond donors (Lipinski definition) is 0. The van der Waals surface area contributed by atoms with Crippen molar-refractivity contribution in [3.63, 3.8) is 0 Å². The molecule has 0 atom stereocenters. The molecule has 2 fully saturated rings. The third-order valence-corrected chi connectivity index (χ3v) is 9.24. The maximum absolute atomic E-state index is 6.16. The van der Waals surface area contributed by atoms with E-state index in [1.165, 1.54) is 89.9 Å². The van der Waals surface area contributed by atoms with Gasteiger partial charge in [-0.3, -0.25) is 0 Å². The third kappa shape index (κ3) is 5.41. The zero-order chi connectivity index (χ0) is 13.3. The van der Waals surface area contributed by atoms with Crippen LogP contribution in [0.2, 0.25) is 9.56 Å². The second-order valence-electron chi connectivity index (χ2n) is 6.91. The van der Waals surface area contributed by atoms with E-state index in [0.29, 0.717) is 0 Å². The smallest absolute Gasteiger partial charge is 0.467 e. The van der Waals surface area contributed by atoms with E-state index in [2.05, 4.69) is 0 Å². The van der Waals surface area contributed by atoms with Gasteiger partial charge >= 0.3 is 14.5 Å². The van der Waals surface area contributed by atoms with Crippen LogP contribution in [0.25, 0.3) is 0 Å². The Kier molecular flexibility index (Phi) is 7.88. The predicted octanol–water partition coefficient (Wildman–Crippen LogP) is 5.85. The van der Waals surface area contributed by atoms with Gasteiger partial charge in [-0.2, -0.15) is 0 Å². The summed E-state index contributed by atoms with van der Waals surface area (Å²) in [7, 11) is 2.04. The van der Waals surface area contributed by atoms with Crippen LogP contribution in [0.3, 0.4) is 0 Å². The first-order valence-electron chi connectivity index (χ1n) is 8.94. The van der Waals surface area contributed by atoms with Gasteiger partial charge in [0.15, 0.2) is 0 Å². The van der Waals surface area contributed by atoms with Crippen LogP contribution in [0.15, 0.2) is 0 Å². The Hall–Kier alpha value is 0.492. The van der Waals surface area contributed by atoms with Gasteiger partial charge in [0.05, 0.1) is 0 Å². The van der Waals surface area contributed by atoms with Crippen LogP contribution < -0.4 is 0 Å². The molecule has 0 amide bonds. The van der Waals surface area contributed by atoms with E-state index < -0.39 is 14.5 Å². The molecule has 2 saturated carbocycles. The molecule has 2 aliphatic rings. The second kappa shape index (κ2) is 9.43. The van der Waals surface area contributed by atoms with Gasteiger partial charge in [0.25, 0.3) is 0 Å². The van der Waals surface area contributed by atoms with Gasteiger partial charge in [-0.05, 0) is 0 Å². The first-order valence-corrected chi connectivity index (χ1v) is 10.7. The van der Waals surface area contributed by atoms with Gasteiger partial charge in [0.1, 0.15) is 0 Å². The molecule has 110 valence electrons. The molecule has 0 aromatic rings. The Balaban J connectivity index is 1.91. The minimum absolute atomic E-state index is 0.974. The van der Waals surface area contributed by atoms with Gasteiger partial charge in [-0.25, -0.2) is 0 Å². The molecule has 19 heavy (non-hydrogen) atoms. The largest absolute Gasteiger partial charge is 0.503 e. The van der Waals surface area contributed by atoms with Crippen LogP contribution in [0.1, 0.15) is 89.9 Å². The van der Waals surface area contributed by atoms with Crippen molar-refractivity contribution in [3.05, 3.63) is 0 Å². The third-order valence-electron chi connectivity index (χ3n) is 5.50. The molecule has 2 aliphatic carbocycles. The molecule has 2 heteroatoms. The predicted molar refractivity (Wildman–Crippen MR) is 84.9 cm³/mol. The summed E-state index contributed by atoms with van der Waals surface area (Å²) in [6, 6.07) is 0. The first kappa shape index (κ1) is 15.9. The van der Waals surface area contributed by atoms with E-state index in [9.17, 15) is 0 Å². The second-order valence-corrected chi connectivity index (χ2v) is 10.2. The van der Waals surface area contributed by atoms with Crippen molar-refractivity contribution in [1.82, 2.24) is 0 Å². The summed E-state index contributed by atoms with van der Waals surface area (Å²) >= 11 is -0.974. The van der Waals surface area contributed by atoms with E-state index in [1.54, 1.807) is 0 Å². The number of rotatable bonds is 3. The Bertz CT molecular complexity index is 193. The summed E-state index contributed by atoms with van der Waals surface area (Å²) in [5, 5.41) is 0. The highest BCUT2D eigenvalue weighted by molar-refractivity contribution is 6.55. The highest BCUT2D eigenvalue weighted by atomic mass is 27.2. The van der Waals surface area contributed by atoms with E-state index >= 15 is 0 Å². The van der Waals surface area contributed by atoms with Crippen LogP contribution in [0.5, 0.6) is 0 Å². The maximum Gasteiger partial charge on any atom is 0.467 e. The quantitative estimate of drug-likeness (QED) is 0.589. The molecule has 0 unspecified atom stereocenters. The Morgan fingerprint density at radius 3 is 1.21 bits per heavy atom. The van der Waals surface area contributed by atoms with Crippen LogP contribution in [0, 0.1) is 0 Å². The van der Waals surface area contributed by atoms with Crippen molar-refractivity contribution in [2.75, 3.05) is 7.11 Å². The zero-order valence-corrected chi connectivity index (χ0v) is 14.2. The fraction of sp³-hybridized carbons (Fsp3) is 1.00. The Morgan fingerprint density at radius 2 is 0.895 bits per heavy atom. The maximum atomic E-state index is 6.16. The summed E-state index contributed by atoms with van der Waals surface area (Å²) in [4.78, 5) is 0. The van der Waals surface area contributed by atoms with Gasteiger partial charge in [0, 0.05) is 7.11 Å². The number of hydrogen-bond acceptors (Lipinski definition) is 1. The SMILES string of the molecule is C[O][Al]([CH]1CCCCCCC1)[CH]1CCCCCCC1. The minimum atomic E-state index is -0.974. The monoisotopic (exact) mass is 280 g/mol. The summed E-state index contributed by atoms with van der Waals surface area (Å²) in [6.45, 7) is 0. The molecule has 0 saturated heterocycles. The summed E-state index contributed by atoms with van der Waals surface area (Å²) in [5.74, 6) is 0. The molecular weight excluding hydrogens is 247 g/mol. The van der Waals surface area contributed by atoms with Gasteiger partial charge in [0.2, 0.25) is 0 Å². The van der Waals surface area contributed by atoms with Gasteiger partial charge < -0.3 is 3.79 Å². The fourth-order valence-corrected chi connectivity index (χ4v) is 8.20. The van der Waals surface area contributed by atoms with Crippen molar-refractivity contribution in [2.24, 2.45) is 0 Å². The van der Waals surface area contributed by atoms with Crippen molar-refractivity contribution < 1.29 is 3.79 Å². The molecule has 0 heterocycles.